The Labute approximate surface area is 283 Å². The van der Waals surface area contributed by atoms with Gasteiger partial charge < -0.3 is 5.11 Å². The topological polar surface area (TPSA) is 50.2 Å². The Morgan fingerprint density at radius 1 is 0.826 bits per heavy atom. The van der Waals surface area contributed by atoms with Crippen molar-refractivity contribution in [2.45, 2.75) is 73.7 Å². The van der Waals surface area contributed by atoms with Gasteiger partial charge in [0.05, 0.1) is 0 Å². The van der Waals surface area contributed by atoms with E-state index in [1.165, 1.54) is 18.2 Å². The molecule has 1 heterocycles. The summed E-state index contributed by atoms with van der Waals surface area (Å²) in [5.74, 6) is -0.0104. The number of fused-ring (bicyclic) bond motifs is 4. The number of nitrogens with zero attached hydrogens (tertiary/aromatic N) is 1. The van der Waals surface area contributed by atoms with E-state index in [-0.39, 0.29) is 53.9 Å². The average molecular weight is 805 g/mol. The average Bonchev–Trinajstić information content (AvgIpc) is 3.06. The molecule has 0 unspecified atom stereocenters. The Kier molecular flexibility index (Phi) is 12.3. The molecule has 4 aromatic carbocycles. The molecule has 1 N–H and O–H groups in total. The summed E-state index contributed by atoms with van der Waals surface area (Å²) in [6.07, 6.45) is 3.76. The van der Waals surface area contributed by atoms with E-state index in [1.807, 2.05) is 53.7 Å². The molecule has 1 aromatic heterocycles. The molecule has 0 atom stereocenters. The van der Waals surface area contributed by atoms with Crippen LogP contribution in [0.5, 0.6) is 0 Å². The van der Waals surface area contributed by atoms with Crippen molar-refractivity contribution >= 4 is 38.1 Å². The number of rotatable bonds is 9. The Morgan fingerprint density at radius 3 is 2.04 bits per heavy atom. The van der Waals surface area contributed by atoms with Crippen LogP contribution in [0.4, 0.5) is 13.2 Å². The fourth-order valence-electron chi connectivity index (χ4n) is 5.45. The number of halogens is 3. The summed E-state index contributed by atoms with van der Waals surface area (Å²) < 4.78 is 41.5. The van der Waals surface area contributed by atoms with E-state index in [4.69, 9.17) is 0 Å². The van der Waals surface area contributed by atoms with Crippen LogP contribution in [0.15, 0.2) is 84.8 Å². The largest absolute Gasteiger partial charge is 0.512 e. The number of aliphatic hydroxyl groups excluding tert-OH is 1. The molecule has 5 rings (SSSR count). The van der Waals surface area contributed by atoms with Gasteiger partial charge in [0, 0.05) is 54.3 Å². The summed E-state index contributed by atoms with van der Waals surface area (Å²) in [6, 6.07) is 21.9. The van der Waals surface area contributed by atoms with Gasteiger partial charge in [-0.25, -0.2) is 13.2 Å². The van der Waals surface area contributed by atoms with Crippen LogP contribution in [0, 0.1) is 22.7 Å². The standard InChI is InChI=1S/C24H13F3N.C15H28O2.Ir/c25-22-7-3-6-17-18-10-11-28-23(20(18)9-8-19(17)22)15-12-14-4-1-2-5-16(14)21(13-15)24(26)27;1-7-14(5,8-2)12(16)11-13(17)15(6,9-3)10-4;/h1-11,13,24H;11,16H,7-10H2,1-6H3;/q-1;;/b;12-11-;. The first kappa shape index (κ1) is 36.9. The number of benzene rings is 4. The normalized spacial score (nSPS) is 12.3. The maximum atomic E-state index is 14.1. The van der Waals surface area contributed by atoms with E-state index in [2.05, 4.69) is 11.1 Å². The molecule has 0 amide bonds. The van der Waals surface area contributed by atoms with Gasteiger partial charge in [-0.1, -0.05) is 95.0 Å². The first-order valence-corrected chi connectivity index (χ1v) is 15.6. The number of allylic oxidation sites excluding steroid dienone is 2. The molecule has 245 valence electrons. The predicted octanol–water partition coefficient (Wildman–Crippen LogP) is 11.7. The smallest absolute Gasteiger partial charge is 0.251 e. The zero-order chi connectivity index (χ0) is 32.9. The Bertz CT molecular complexity index is 1860. The molecular formula is C39H41F3IrNO2-. The van der Waals surface area contributed by atoms with E-state index in [0.717, 1.165) is 41.8 Å². The van der Waals surface area contributed by atoms with Crippen molar-refractivity contribution in [3.05, 3.63) is 102 Å². The number of aliphatic hydroxyl groups is 1. The van der Waals surface area contributed by atoms with Gasteiger partial charge in [0.1, 0.15) is 11.6 Å². The second-order valence-corrected chi connectivity index (χ2v) is 12.1. The zero-order valence-corrected chi connectivity index (χ0v) is 29.6. The van der Waals surface area contributed by atoms with Crippen molar-refractivity contribution in [1.82, 2.24) is 4.98 Å². The minimum absolute atomic E-state index is 0. The number of hydrogen-bond acceptors (Lipinski definition) is 3. The van der Waals surface area contributed by atoms with Gasteiger partial charge in [0.25, 0.3) is 6.43 Å². The first-order valence-electron chi connectivity index (χ1n) is 15.6. The molecule has 0 spiro atoms. The maximum absolute atomic E-state index is 14.1. The van der Waals surface area contributed by atoms with Crippen molar-refractivity contribution in [2.75, 3.05) is 0 Å². The van der Waals surface area contributed by atoms with Gasteiger partial charge in [-0.2, -0.15) is 0 Å². The summed E-state index contributed by atoms with van der Waals surface area (Å²) in [6.45, 7) is 12.1. The van der Waals surface area contributed by atoms with Gasteiger partial charge in [0.15, 0.2) is 5.78 Å². The third kappa shape index (κ3) is 7.37. The molecule has 5 aromatic rings. The van der Waals surface area contributed by atoms with Gasteiger partial charge in [-0.15, -0.1) is 23.6 Å². The zero-order valence-electron chi connectivity index (χ0n) is 27.2. The van der Waals surface area contributed by atoms with Crippen LogP contribution in [0.3, 0.4) is 0 Å². The number of carbonyl (C=O) groups excluding carboxylic acids is 1. The van der Waals surface area contributed by atoms with E-state index >= 15 is 0 Å². The van der Waals surface area contributed by atoms with Crippen LogP contribution in [0.1, 0.15) is 79.2 Å². The molecule has 0 aliphatic rings. The number of aromatic nitrogens is 1. The molecule has 0 aliphatic carbocycles. The number of pyridine rings is 1. The summed E-state index contributed by atoms with van der Waals surface area (Å²) in [4.78, 5) is 16.6. The van der Waals surface area contributed by atoms with Crippen molar-refractivity contribution in [1.29, 1.82) is 0 Å². The van der Waals surface area contributed by atoms with Gasteiger partial charge in [0.2, 0.25) is 0 Å². The van der Waals surface area contributed by atoms with Crippen molar-refractivity contribution < 1.29 is 43.2 Å². The first-order chi connectivity index (χ1) is 21.4. The van der Waals surface area contributed by atoms with Crippen LogP contribution in [-0.2, 0) is 24.9 Å². The Hall–Kier alpha value is -3.54. The number of alkyl halides is 2. The van der Waals surface area contributed by atoms with Crippen molar-refractivity contribution in [2.24, 2.45) is 10.8 Å². The minimum Gasteiger partial charge on any atom is -0.512 e. The van der Waals surface area contributed by atoms with Crippen LogP contribution < -0.4 is 0 Å². The summed E-state index contributed by atoms with van der Waals surface area (Å²) in [5.41, 5.74) is 0.399. The molecule has 1 radical (unpaired) electrons. The fraction of sp³-hybridized carbons (Fsp3) is 0.333. The molecule has 0 saturated carbocycles. The molecule has 7 heteroatoms. The van der Waals surface area contributed by atoms with Gasteiger partial charge >= 0.3 is 0 Å². The second-order valence-electron chi connectivity index (χ2n) is 12.1. The molecule has 0 bridgehead atoms. The van der Waals surface area contributed by atoms with Crippen LogP contribution in [0.2, 0.25) is 0 Å². The SMILES string of the molecule is CCC(C)(CC)C(=O)/C=C(\O)C(C)(CC)CC.Fc1cccc2c1ccc1c(-c3[c-]c4ccccc4c(C(F)F)c3)nccc12.[Ir]. The summed E-state index contributed by atoms with van der Waals surface area (Å²) in [7, 11) is 0. The van der Waals surface area contributed by atoms with E-state index < -0.39 is 6.43 Å². The third-order valence-electron chi connectivity index (χ3n) is 9.65. The Morgan fingerprint density at radius 2 is 1.41 bits per heavy atom. The molecule has 0 saturated heterocycles. The van der Waals surface area contributed by atoms with Crippen molar-refractivity contribution in [3.8, 4) is 11.3 Å². The second kappa shape index (κ2) is 15.4. The molecule has 46 heavy (non-hydrogen) atoms. The van der Waals surface area contributed by atoms with E-state index in [0.29, 0.717) is 27.4 Å². The summed E-state index contributed by atoms with van der Waals surface area (Å²) >= 11 is 0. The van der Waals surface area contributed by atoms with E-state index in [1.54, 1.807) is 48.7 Å². The van der Waals surface area contributed by atoms with E-state index in [9.17, 15) is 23.1 Å². The number of ketones is 1. The van der Waals surface area contributed by atoms with Gasteiger partial charge in [-0.05, 0) is 59.5 Å². The minimum atomic E-state index is -2.61. The van der Waals surface area contributed by atoms with Crippen molar-refractivity contribution in [3.63, 3.8) is 0 Å². The number of carbonyl (C=O) groups is 1. The summed E-state index contributed by atoms with van der Waals surface area (Å²) in [5, 5.41) is 14.1. The number of hydrogen-bond donors (Lipinski definition) is 1. The molecule has 3 nitrogen and oxygen atoms in total. The maximum Gasteiger partial charge on any atom is 0.251 e. The van der Waals surface area contributed by atoms with Crippen LogP contribution >= 0.6 is 0 Å². The molecule has 0 aliphatic heterocycles. The predicted molar refractivity (Wildman–Crippen MR) is 179 cm³/mol. The quantitative estimate of drug-likeness (QED) is 0.0699. The molecular weight excluding hydrogens is 764 g/mol. The molecule has 0 fully saturated rings. The fourth-order valence-corrected chi connectivity index (χ4v) is 5.45. The van der Waals surface area contributed by atoms with Gasteiger partial charge in [-0.3, -0.25) is 9.78 Å². The Balaban J connectivity index is 0.000000280. The van der Waals surface area contributed by atoms with Crippen LogP contribution in [0.25, 0.3) is 43.6 Å². The van der Waals surface area contributed by atoms with Crippen LogP contribution in [-0.4, -0.2) is 15.9 Å². The monoisotopic (exact) mass is 805 g/mol. The third-order valence-corrected chi connectivity index (χ3v) is 9.65.